The summed E-state index contributed by atoms with van der Waals surface area (Å²) < 4.78 is 12.2. The summed E-state index contributed by atoms with van der Waals surface area (Å²) in [4.78, 5) is 11.7. The summed E-state index contributed by atoms with van der Waals surface area (Å²) >= 11 is 0. The van der Waals surface area contributed by atoms with Crippen LogP contribution in [0.4, 0.5) is 0 Å². The number of hydrogen-bond donors (Lipinski definition) is 0. The van der Waals surface area contributed by atoms with Crippen LogP contribution < -0.4 is 0 Å². The third-order valence-electron chi connectivity index (χ3n) is 2.04. The molecule has 0 atom stereocenters. The number of esters is 1. The monoisotopic (exact) mass is 240 g/mol. The minimum Gasteiger partial charge on any atom is -0.462 e. The van der Waals surface area contributed by atoms with E-state index in [-0.39, 0.29) is 11.6 Å². The highest BCUT2D eigenvalue weighted by Crippen LogP contribution is 2.14. The first kappa shape index (κ1) is 13.7. The van der Waals surface area contributed by atoms with Crippen LogP contribution in [0.3, 0.4) is 0 Å². The second-order valence-electron chi connectivity index (χ2n) is 4.78. The van der Waals surface area contributed by atoms with Crippen LogP contribution in [-0.2, 0) is 23.1 Å². The van der Waals surface area contributed by atoms with Gasteiger partial charge in [-0.2, -0.15) is 5.10 Å². The van der Waals surface area contributed by atoms with Crippen molar-refractivity contribution in [3.8, 4) is 0 Å². The molecule has 96 valence electrons. The van der Waals surface area contributed by atoms with Crippen molar-refractivity contribution in [2.75, 3.05) is 6.61 Å². The van der Waals surface area contributed by atoms with Crippen molar-refractivity contribution in [3.05, 3.63) is 17.5 Å². The van der Waals surface area contributed by atoms with Crippen molar-refractivity contribution >= 4 is 5.97 Å². The van der Waals surface area contributed by atoms with Gasteiger partial charge in [0.15, 0.2) is 0 Å². The first-order valence-electron chi connectivity index (χ1n) is 5.67. The minimum atomic E-state index is -0.354. The Kier molecular flexibility index (Phi) is 4.28. The van der Waals surface area contributed by atoms with Crippen molar-refractivity contribution in [2.24, 2.45) is 7.05 Å². The summed E-state index contributed by atoms with van der Waals surface area (Å²) in [6.45, 7) is 8.31. The predicted molar refractivity (Wildman–Crippen MR) is 63.7 cm³/mol. The summed E-state index contributed by atoms with van der Waals surface area (Å²) in [5.74, 6) is -0.354. The minimum absolute atomic E-state index is 0.260. The smallest absolute Gasteiger partial charge is 0.341 e. The van der Waals surface area contributed by atoms with Crippen molar-refractivity contribution in [2.45, 2.75) is 39.9 Å². The normalized spacial score (nSPS) is 11.6. The molecule has 0 saturated heterocycles. The molecule has 1 aromatic heterocycles. The lowest BCUT2D eigenvalue weighted by molar-refractivity contribution is -0.0172. The molecule has 0 aromatic carbocycles. The fourth-order valence-corrected chi connectivity index (χ4v) is 1.31. The van der Waals surface area contributed by atoms with E-state index in [0.29, 0.717) is 24.5 Å². The molecule has 0 spiro atoms. The van der Waals surface area contributed by atoms with Gasteiger partial charge in [0.25, 0.3) is 0 Å². The van der Waals surface area contributed by atoms with Gasteiger partial charge in [-0.25, -0.2) is 4.79 Å². The second kappa shape index (κ2) is 5.31. The lowest BCUT2D eigenvalue weighted by Gasteiger charge is -2.18. The van der Waals surface area contributed by atoms with Gasteiger partial charge in [-0.15, -0.1) is 0 Å². The number of nitrogens with zero attached hydrogens (tertiary/aromatic N) is 2. The molecule has 0 radical (unpaired) electrons. The van der Waals surface area contributed by atoms with E-state index in [0.717, 1.165) is 0 Å². The van der Waals surface area contributed by atoms with E-state index in [1.165, 1.54) is 0 Å². The van der Waals surface area contributed by atoms with Gasteiger partial charge in [0.05, 0.1) is 18.8 Å². The molecule has 0 unspecified atom stereocenters. The van der Waals surface area contributed by atoms with Gasteiger partial charge in [0.2, 0.25) is 0 Å². The zero-order chi connectivity index (χ0) is 13.1. The van der Waals surface area contributed by atoms with Crippen LogP contribution in [0.1, 0.15) is 43.7 Å². The zero-order valence-corrected chi connectivity index (χ0v) is 11.1. The average Bonchev–Trinajstić information content (AvgIpc) is 2.56. The molecule has 0 aliphatic carbocycles. The SMILES string of the molecule is CCOC(=O)c1cn(C)nc1COC(C)(C)C. The van der Waals surface area contributed by atoms with Crippen molar-refractivity contribution in [3.63, 3.8) is 0 Å². The lowest BCUT2D eigenvalue weighted by atomic mass is 10.2. The zero-order valence-electron chi connectivity index (χ0n) is 11.1. The van der Waals surface area contributed by atoms with Crippen LogP contribution in [-0.4, -0.2) is 28.0 Å². The van der Waals surface area contributed by atoms with Gasteiger partial charge in [0, 0.05) is 13.2 Å². The molecule has 0 amide bonds. The molecule has 0 saturated carbocycles. The Bertz CT molecular complexity index is 391. The van der Waals surface area contributed by atoms with E-state index in [2.05, 4.69) is 5.10 Å². The number of aryl methyl sites for hydroxylation is 1. The first-order chi connectivity index (χ1) is 7.83. The standard InChI is InChI=1S/C12H20N2O3/c1-6-16-11(15)9-7-14(5)13-10(9)8-17-12(2,3)4/h7H,6,8H2,1-5H3. The van der Waals surface area contributed by atoms with Gasteiger partial charge < -0.3 is 9.47 Å². The summed E-state index contributed by atoms with van der Waals surface area (Å²) in [5, 5.41) is 4.21. The molecule has 0 N–H and O–H groups in total. The van der Waals surface area contributed by atoms with Gasteiger partial charge in [0.1, 0.15) is 11.3 Å². The van der Waals surface area contributed by atoms with E-state index in [4.69, 9.17) is 9.47 Å². The first-order valence-corrected chi connectivity index (χ1v) is 5.67. The van der Waals surface area contributed by atoms with Gasteiger partial charge in [-0.3, -0.25) is 4.68 Å². The highest BCUT2D eigenvalue weighted by molar-refractivity contribution is 5.90. The number of ether oxygens (including phenoxy) is 2. The Labute approximate surface area is 102 Å². The molecule has 1 aromatic rings. The van der Waals surface area contributed by atoms with Crippen LogP contribution >= 0.6 is 0 Å². The summed E-state index contributed by atoms with van der Waals surface area (Å²) in [6, 6.07) is 0. The summed E-state index contributed by atoms with van der Waals surface area (Å²) in [6.07, 6.45) is 1.65. The topological polar surface area (TPSA) is 53.4 Å². The Hall–Kier alpha value is -1.36. The van der Waals surface area contributed by atoms with E-state index in [1.807, 2.05) is 20.8 Å². The fourth-order valence-electron chi connectivity index (χ4n) is 1.31. The fraction of sp³-hybridized carbons (Fsp3) is 0.667. The molecule has 0 aliphatic heterocycles. The Morgan fingerprint density at radius 3 is 2.65 bits per heavy atom. The Morgan fingerprint density at radius 2 is 2.12 bits per heavy atom. The van der Waals surface area contributed by atoms with Crippen LogP contribution in [0.2, 0.25) is 0 Å². The van der Waals surface area contributed by atoms with E-state index >= 15 is 0 Å². The number of aromatic nitrogens is 2. The number of rotatable bonds is 4. The largest absolute Gasteiger partial charge is 0.462 e. The maximum absolute atomic E-state index is 11.7. The molecular formula is C12H20N2O3. The van der Waals surface area contributed by atoms with E-state index in [1.54, 1.807) is 24.9 Å². The third-order valence-corrected chi connectivity index (χ3v) is 2.04. The molecule has 17 heavy (non-hydrogen) atoms. The molecule has 0 fully saturated rings. The van der Waals surface area contributed by atoms with Crippen LogP contribution in [0, 0.1) is 0 Å². The van der Waals surface area contributed by atoms with Crippen LogP contribution in [0.15, 0.2) is 6.20 Å². The number of carbonyl (C=O) groups excluding carboxylic acids is 1. The van der Waals surface area contributed by atoms with Gasteiger partial charge >= 0.3 is 5.97 Å². The van der Waals surface area contributed by atoms with Crippen molar-refractivity contribution in [1.82, 2.24) is 9.78 Å². The summed E-state index contributed by atoms with van der Waals surface area (Å²) in [5.41, 5.74) is 0.822. The van der Waals surface area contributed by atoms with Crippen molar-refractivity contribution in [1.29, 1.82) is 0 Å². The maximum atomic E-state index is 11.7. The van der Waals surface area contributed by atoms with E-state index in [9.17, 15) is 4.79 Å². The highest BCUT2D eigenvalue weighted by Gasteiger charge is 2.19. The Morgan fingerprint density at radius 1 is 1.47 bits per heavy atom. The maximum Gasteiger partial charge on any atom is 0.341 e. The molecule has 1 heterocycles. The van der Waals surface area contributed by atoms with Gasteiger partial charge in [-0.05, 0) is 27.7 Å². The molecular weight excluding hydrogens is 220 g/mol. The lowest BCUT2D eigenvalue weighted by Crippen LogP contribution is -2.20. The third kappa shape index (κ3) is 4.19. The molecule has 1 rings (SSSR count). The number of carbonyl (C=O) groups is 1. The predicted octanol–water partition coefficient (Wildman–Crippen LogP) is 1.91. The van der Waals surface area contributed by atoms with Crippen LogP contribution in [0.25, 0.3) is 0 Å². The highest BCUT2D eigenvalue weighted by atomic mass is 16.5. The van der Waals surface area contributed by atoms with E-state index < -0.39 is 0 Å². The van der Waals surface area contributed by atoms with Gasteiger partial charge in [-0.1, -0.05) is 0 Å². The Balaban J connectivity index is 2.81. The molecule has 5 heteroatoms. The second-order valence-corrected chi connectivity index (χ2v) is 4.78. The molecule has 0 aliphatic rings. The molecule has 0 bridgehead atoms. The number of hydrogen-bond acceptors (Lipinski definition) is 4. The van der Waals surface area contributed by atoms with Crippen LogP contribution in [0.5, 0.6) is 0 Å². The molecule has 5 nitrogen and oxygen atoms in total. The van der Waals surface area contributed by atoms with Crippen molar-refractivity contribution < 1.29 is 14.3 Å². The average molecular weight is 240 g/mol. The quantitative estimate of drug-likeness (QED) is 0.754. The summed E-state index contributed by atoms with van der Waals surface area (Å²) in [7, 11) is 1.77.